The highest BCUT2D eigenvalue weighted by molar-refractivity contribution is 14.1. The number of rotatable bonds is 14. The summed E-state index contributed by atoms with van der Waals surface area (Å²) in [6.07, 6.45) is -3.17. The Kier molecular flexibility index (Phi) is 16.1. The van der Waals surface area contributed by atoms with E-state index >= 15 is 0 Å². The molecule has 8 atom stereocenters. The minimum atomic E-state index is -1.17. The lowest BCUT2D eigenvalue weighted by atomic mass is 10.1. The van der Waals surface area contributed by atoms with Gasteiger partial charge in [-0.25, -0.2) is 0 Å². The van der Waals surface area contributed by atoms with Crippen LogP contribution in [0.2, 0.25) is 61.4 Å². The molecule has 2 N–H and O–H groups in total. The van der Waals surface area contributed by atoms with E-state index < -0.39 is 28.4 Å². The van der Waals surface area contributed by atoms with Crippen LogP contribution in [0, 0.1) is 7.14 Å². The first-order valence-corrected chi connectivity index (χ1v) is 29.8. The van der Waals surface area contributed by atoms with Crippen molar-refractivity contribution in [2.45, 2.75) is 121 Å². The largest absolute Gasteiger partial charge is 0.456 e. The monoisotopic (exact) mass is 1120 g/mol. The fourth-order valence-corrected chi connectivity index (χ4v) is 9.79. The number of aromatic nitrogens is 4. The fraction of sp³-hybridized carbons (Fsp3) is 0.641. The molecule has 20 heteroatoms. The number of aliphatic hydroxyl groups is 2. The van der Waals surface area contributed by atoms with Crippen LogP contribution >= 0.6 is 68.4 Å². The highest BCUT2D eigenvalue weighted by atomic mass is 127. The maximum atomic E-state index is 9.96. The van der Waals surface area contributed by atoms with Gasteiger partial charge in [0.25, 0.3) is 12.0 Å². The first-order valence-electron chi connectivity index (χ1n) is 19.5. The van der Waals surface area contributed by atoms with Gasteiger partial charge in [0.05, 0.1) is 58.5 Å². The van der Waals surface area contributed by atoms with Crippen molar-refractivity contribution >= 4 is 107 Å². The van der Waals surface area contributed by atoms with Crippen LogP contribution in [0.5, 0.6) is 12.0 Å². The van der Waals surface area contributed by atoms with Gasteiger partial charge in [0.1, 0.15) is 50.1 Å². The fourth-order valence-electron chi connectivity index (χ4n) is 7.05. The van der Waals surface area contributed by atoms with Gasteiger partial charge < -0.3 is 48.1 Å². The second-order valence-corrected chi connectivity index (χ2v) is 31.9. The summed E-state index contributed by atoms with van der Waals surface area (Å²) in [6.45, 7) is 17.3. The van der Waals surface area contributed by atoms with Crippen LogP contribution in [0.4, 0.5) is 0 Å². The zero-order valence-corrected chi connectivity index (χ0v) is 41.3. The third-order valence-corrected chi connectivity index (χ3v) is 16.9. The Morgan fingerprint density at radius 1 is 0.644 bits per heavy atom. The number of hydrogen-bond acceptors (Lipinski definition) is 12. The van der Waals surface area contributed by atoms with Gasteiger partial charge in [-0.05, 0) is 81.5 Å². The summed E-state index contributed by atoms with van der Waals surface area (Å²) in [4.78, 5) is 9.32. The first-order chi connectivity index (χ1) is 27.5. The summed E-state index contributed by atoms with van der Waals surface area (Å²) in [7, 11) is -2.34. The van der Waals surface area contributed by atoms with Gasteiger partial charge in [0, 0.05) is 36.5 Å². The Hall–Kier alpha value is -0.866. The minimum absolute atomic E-state index is 0. The molecule has 4 fully saturated rings. The third-order valence-electron chi connectivity index (χ3n) is 10.4. The molecule has 0 amide bonds. The second kappa shape index (κ2) is 19.9. The average molecular weight is 1120 g/mol. The molecule has 6 heterocycles. The summed E-state index contributed by atoms with van der Waals surface area (Å²) in [5.41, 5.74) is 3.32. The maximum Gasteiger partial charge on any atom is 0.299 e. The summed E-state index contributed by atoms with van der Waals surface area (Å²) in [5.74, 6) is 0. The number of halogens is 4. The van der Waals surface area contributed by atoms with E-state index in [4.69, 9.17) is 61.1 Å². The minimum Gasteiger partial charge on any atom is -0.456 e. The van der Waals surface area contributed by atoms with Crippen molar-refractivity contribution < 1.29 is 48.1 Å². The zero-order valence-electron chi connectivity index (χ0n) is 33.5. The summed E-state index contributed by atoms with van der Waals surface area (Å²) >= 11 is 17.1. The van der Waals surface area contributed by atoms with E-state index in [2.05, 4.69) is 94.4 Å². The lowest BCUT2D eigenvalue weighted by Gasteiger charge is -2.19. The van der Waals surface area contributed by atoms with Gasteiger partial charge in [-0.2, -0.15) is 9.97 Å². The molecule has 0 bridgehead atoms. The highest BCUT2D eigenvalue weighted by Crippen LogP contribution is 2.35. The molecular weight excluding hydrogens is 1070 g/mol. The zero-order chi connectivity index (χ0) is 41.5. The number of benzene rings is 2. The van der Waals surface area contributed by atoms with Gasteiger partial charge in [-0.1, -0.05) is 69.9 Å². The lowest BCUT2D eigenvalue weighted by molar-refractivity contribution is 0.00335. The van der Waals surface area contributed by atoms with E-state index in [0.717, 1.165) is 41.3 Å². The molecule has 4 aromatic rings. The average Bonchev–Trinajstić information content (AvgIpc) is 3.99. The summed E-state index contributed by atoms with van der Waals surface area (Å²) < 4.78 is 52.8. The van der Waals surface area contributed by atoms with E-state index in [-0.39, 0.29) is 57.3 Å². The van der Waals surface area contributed by atoms with E-state index in [1.807, 2.05) is 33.4 Å². The Bertz CT molecular complexity index is 1920. The molecule has 2 aromatic carbocycles. The van der Waals surface area contributed by atoms with Crippen LogP contribution in [0.25, 0.3) is 22.1 Å². The molecule has 0 unspecified atom stereocenters. The topological polar surface area (TPSA) is 150 Å². The molecule has 328 valence electrons. The molecule has 4 saturated heterocycles. The van der Waals surface area contributed by atoms with Crippen molar-refractivity contribution in [3.8, 4) is 12.0 Å². The predicted molar refractivity (Wildman–Crippen MR) is 250 cm³/mol. The van der Waals surface area contributed by atoms with Crippen LogP contribution < -0.4 is 9.47 Å². The van der Waals surface area contributed by atoms with Crippen molar-refractivity contribution in [2.24, 2.45) is 0 Å². The van der Waals surface area contributed by atoms with Crippen molar-refractivity contribution in [1.29, 1.82) is 0 Å². The molecule has 4 aliphatic rings. The third kappa shape index (κ3) is 11.5. The summed E-state index contributed by atoms with van der Waals surface area (Å²) in [5, 5.41) is 21.2. The number of ether oxygens (including phenoxy) is 8. The van der Waals surface area contributed by atoms with Gasteiger partial charge in [0.15, 0.2) is 12.2 Å². The smallest absolute Gasteiger partial charge is 0.299 e. The molecule has 8 rings (SSSR count). The van der Waals surface area contributed by atoms with Crippen LogP contribution in [-0.2, 0) is 41.9 Å². The Labute approximate surface area is 385 Å². The van der Waals surface area contributed by atoms with E-state index in [1.54, 1.807) is 0 Å². The Morgan fingerprint density at radius 2 is 1.05 bits per heavy atom. The molecule has 0 spiro atoms. The van der Waals surface area contributed by atoms with Crippen LogP contribution in [0.15, 0.2) is 24.3 Å². The molecular formula is C39H56Cl2I2N4O10Si2. The molecule has 59 heavy (non-hydrogen) atoms. The summed E-state index contributed by atoms with van der Waals surface area (Å²) in [6, 6.07) is 10.7. The number of imidazole rings is 2. The number of fused-ring (bicyclic) bond motifs is 4. The highest BCUT2D eigenvalue weighted by Gasteiger charge is 2.50. The van der Waals surface area contributed by atoms with E-state index in [9.17, 15) is 10.2 Å². The van der Waals surface area contributed by atoms with Crippen molar-refractivity contribution in [2.75, 3.05) is 39.6 Å². The second-order valence-electron chi connectivity index (χ2n) is 17.5. The predicted octanol–water partition coefficient (Wildman–Crippen LogP) is 7.66. The molecule has 4 aliphatic heterocycles. The van der Waals surface area contributed by atoms with Crippen LogP contribution in [0.3, 0.4) is 0 Å². The Balaban J connectivity index is 0.000000195. The van der Waals surface area contributed by atoms with Crippen LogP contribution in [-0.4, -0.2) is 134 Å². The van der Waals surface area contributed by atoms with Gasteiger partial charge in [0.2, 0.25) is 0 Å². The van der Waals surface area contributed by atoms with Crippen LogP contribution in [0.1, 0.15) is 7.43 Å². The number of hydrogen-bond donors (Lipinski definition) is 2. The number of nitrogens with zero attached hydrogens (tertiary/aromatic N) is 4. The van der Waals surface area contributed by atoms with E-state index in [0.29, 0.717) is 62.0 Å². The van der Waals surface area contributed by atoms with Gasteiger partial charge in [-0.3, -0.25) is 9.13 Å². The molecule has 2 aromatic heterocycles. The van der Waals surface area contributed by atoms with Crippen molar-refractivity contribution in [3.63, 3.8) is 0 Å². The van der Waals surface area contributed by atoms with E-state index in [1.165, 1.54) is 0 Å². The molecule has 0 saturated carbocycles. The van der Waals surface area contributed by atoms with Crippen molar-refractivity contribution in [3.05, 3.63) is 41.5 Å². The SMILES string of the molecule is C.C[Si](C)(C)CCOCn1c(O[C@@H]2CO[C@H]3[C@@H]2OC[C@H]3O)nc2cc(Cl)c(I)cc21.C[Si](C)(C)CCOCn1c(O[C@@H]2CO[C@H]3[C@@H]2OC[C@H]3O)nc2cc(I)c(Cl)cc21. The Morgan fingerprint density at radius 3 is 1.53 bits per heavy atom. The quantitative estimate of drug-likeness (QED) is 0.0726. The number of aliphatic hydroxyl groups excluding tert-OH is 2. The normalized spacial score (nSPS) is 26.5. The first kappa shape index (κ1) is 47.6. The molecule has 0 radical (unpaired) electrons. The maximum absolute atomic E-state index is 9.96. The van der Waals surface area contributed by atoms with Gasteiger partial charge in [-0.15, -0.1) is 0 Å². The van der Waals surface area contributed by atoms with Crippen molar-refractivity contribution in [1.82, 2.24) is 19.1 Å². The molecule has 14 nitrogen and oxygen atoms in total. The standard InChI is InChI=1S/2C19H26ClIN2O5Si.CH4/c1-29(2,3)5-4-25-10-23-14-6-11(20)12(21)7-13(14)22-19(23)28-16-9-27-17-15(24)8-26-18(16)17;1-29(2,3)5-4-25-10-23-14-7-12(21)11(20)6-13(14)22-19(23)28-16-9-27-17-15(24)8-26-18(16)17;/h2*6-7,15-18,24H,4-5,8-10H2,1-3H3;1H4/t2*15-,16-,17-,18-;/m11./s1. The van der Waals surface area contributed by atoms with Gasteiger partial charge >= 0.3 is 0 Å². The lowest BCUT2D eigenvalue weighted by Crippen LogP contribution is -2.35. The molecule has 0 aliphatic carbocycles.